The van der Waals surface area contributed by atoms with E-state index in [-0.39, 0.29) is 22.7 Å². The van der Waals surface area contributed by atoms with Crippen molar-refractivity contribution in [2.45, 2.75) is 11.9 Å². The van der Waals surface area contributed by atoms with Gasteiger partial charge in [0, 0.05) is 19.7 Å². The summed E-state index contributed by atoms with van der Waals surface area (Å²) in [6, 6.07) is 14.2. The summed E-state index contributed by atoms with van der Waals surface area (Å²) in [5, 5.41) is 3.31. The van der Waals surface area contributed by atoms with Crippen LogP contribution in [0, 0.1) is 0 Å². The standard InChI is InChI=1S/C25H25N5O5S/c1-5-35-18-9-7-6-8-17(18)26-19(31)14-36-23-20-22(29(2)25(33)30(3)24(20)32)27-21(28-23)15-10-12-16(34-4)13-11-15/h6-13H,5,14H2,1-4H3,(H,26,31). The van der Waals surface area contributed by atoms with Crippen molar-refractivity contribution in [2.75, 3.05) is 24.8 Å². The van der Waals surface area contributed by atoms with Crippen LogP contribution in [0.25, 0.3) is 22.4 Å². The van der Waals surface area contributed by atoms with E-state index in [1.54, 1.807) is 56.6 Å². The van der Waals surface area contributed by atoms with Crippen molar-refractivity contribution in [2.24, 2.45) is 14.1 Å². The first kappa shape index (κ1) is 25.0. The molecule has 0 aliphatic carbocycles. The molecule has 0 saturated carbocycles. The normalized spacial score (nSPS) is 10.9. The van der Waals surface area contributed by atoms with Gasteiger partial charge in [0.1, 0.15) is 21.9 Å². The Morgan fingerprint density at radius 2 is 1.75 bits per heavy atom. The van der Waals surface area contributed by atoms with E-state index >= 15 is 0 Å². The fourth-order valence-corrected chi connectivity index (χ4v) is 4.39. The number of thioether (sulfide) groups is 1. The van der Waals surface area contributed by atoms with Gasteiger partial charge in [-0.15, -0.1) is 0 Å². The van der Waals surface area contributed by atoms with Crippen LogP contribution in [0.4, 0.5) is 5.69 Å². The molecule has 36 heavy (non-hydrogen) atoms. The molecule has 0 aliphatic heterocycles. The van der Waals surface area contributed by atoms with Gasteiger partial charge in [0.25, 0.3) is 5.56 Å². The molecule has 1 amide bonds. The van der Waals surface area contributed by atoms with Crippen LogP contribution in [-0.4, -0.2) is 44.5 Å². The summed E-state index contributed by atoms with van der Waals surface area (Å²) in [6.45, 7) is 2.33. The van der Waals surface area contributed by atoms with E-state index in [1.165, 1.54) is 11.6 Å². The highest BCUT2D eigenvalue weighted by Crippen LogP contribution is 2.28. The number of para-hydroxylation sites is 2. The van der Waals surface area contributed by atoms with Crippen LogP contribution in [0.1, 0.15) is 6.92 Å². The molecule has 4 aromatic rings. The van der Waals surface area contributed by atoms with Crippen LogP contribution in [0.3, 0.4) is 0 Å². The summed E-state index contributed by atoms with van der Waals surface area (Å²) < 4.78 is 13.1. The Kier molecular flexibility index (Phi) is 7.39. The Labute approximate surface area is 210 Å². The number of anilines is 1. The molecule has 186 valence electrons. The maximum absolute atomic E-state index is 13.0. The minimum Gasteiger partial charge on any atom is -0.497 e. The van der Waals surface area contributed by atoms with E-state index in [0.29, 0.717) is 40.2 Å². The van der Waals surface area contributed by atoms with Gasteiger partial charge in [-0.1, -0.05) is 23.9 Å². The van der Waals surface area contributed by atoms with Crippen LogP contribution in [0.5, 0.6) is 11.5 Å². The van der Waals surface area contributed by atoms with E-state index in [4.69, 9.17) is 9.47 Å². The maximum Gasteiger partial charge on any atom is 0.332 e. The van der Waals surface area contributed by atoms with Gasteiger partial charge in [0.05, 0.1) is 25.2 Å². The van der Waals surface area contributed by atoms with E-state index in [9.17, 15) is 14.4 Å². The summed E-state index contributed by atoms with van der Waals surface area (Å²) in [7, 11) is 4.51. The number of carbonyl (C=O) groups excluding carboxylic acids is 1. The lowest BCUT2D eigenvalue weighted by Gasteiger charge is -2.13. The number of nitrogens with one attached hydrogen (secondary N) is 1. The van der Waals surface area contributed by atoms with Gasteiger partial charge < -0.3 is 14.8 Å². The first-order valence-corrected chi connectivity index (χ1v) is 12.1. The Bertz CT molecular complexity index is 1550. The third-order valence-corrected chi connectivity index (χ3v) is 6.39. The predicted molar refractivity (Wildman–Crippen MR) is 139 cm³/mol. The molecule has 1 N–H and O–H groups in total. The van der Waals surface area contributed by atoms with E-state index < -0.39 is 11.2 Å². The molecule has 4 rings (SSSR count). The lowest BCUT2D eigenvalue weighted by atomic mass is 10.2. The molecule has 0 aliphatic rings. The van der Waals surface area contributed by atoms with Gasteiger partial charge in [-0.05, 0) is 43.3 Å². The third kappa shape index (κ3) is 4.96. The van der Waals surface area contributed by atoms with Gasteiger partial charge >= 0.3 is 5.69 Å². The number of ether oxygens (including phenoxy) is 2. The number of hydrogen-bond acceptors (Lipinski definition) is 8. The van der Waals surface area contributed by atoms with E-state index in [1.807, 2.05) is 13.0 Å². The molecule has 10 nitrogen and oxygen atoms in total. The fraction of sp³-hybridized carbons (Fsp3) is 0.240. The van der Waals surface area contributed by atoms with Crippen LogP contribution < -0.4 is 26.0 Å². The number of hydrogen-bond donors (Lipinski definition) is 1. The van der Waals surface area contributed by atoms with Crippen molar-refractivity contribution in [3.63, 3.8) is 0 Å². The van der Waals surface area contributed by atoms with Crippen LogP contribution in [0.15, 0.2) is 63.1 Å². The zero-order valence-corrected chi connectivity index (χ0v) is 21.1. The molecule has 0 radical (unpaired) electrons. The predicted octanol–water partition coefficient (Wildman–Crippen LogP) is 2.83. The Hall–Kier alpha value is -4.12. The zero-order valence-electron chi connectivity index (χ0n) is 20.3. The maximum atomic E-state index is 13.0. The lowest BCUT2D eigenvalue weighted by Crippen LogP contribution is -2.37. The quantitative estimate of drug-likeness (QED) is 0.286. The summed E-state index contributed by atoms with van der Waals surface area (Å²) >= 11 is 1.09. The zero-order chi connectivity index (χ0) is 25.8. The van der Waals surface area contributed by atoms with E-state index in [0.717, 1.165) is 16.3 Å². The van der Waals surface area contributed by atoms with E-state index in [2.05, 4.69) is 15.3 Å². The minimum atomic E-state index is -0.529. The largest absolute Gasteiger partial charge is 0.497 e. The second kappa shape index (κ2) is 10.6. The van der Waals surface area contributed by atoms with Crippen molar-refractivity contribution in [1.29, 1.82) is 0 Å². The molecule has 11 heteroatoms. The van der Waals surface area contributed by atoms with Crippen LogP contribution >= 0.6 is 11.8 Å². The van der Waals surface area contributed by atoms with Gasteiger partial charge in [0.2, 0.25) is 5.91 Å². The number of nitrogens with zero attached hydrogens (tertiary/aromatic N) is 4. The average Bonchev–Trinajstić information content (AvgIpc) is 2.90. The molecule has 2 aromatic carbocycles. The van der Waals surface area contributed by atoms with Gasteiger partial charge in [-0.2, -0.15) is 0 Å². The van der Waals surface area contributed by atoms with Crippen LogP contribution in [0.2, 0.25) is 0 Å². The number of rotatable bonds is 8. The number of amides is 1. The number of benzene rings is 2. The highest BCUT2D eigenvalue weighted by Gasteiger charge is 2.19. The summed E-state index contributed by atoms with van der Waals surface area (Å²) in [5.74, 6) is 1.22. The summed E-state index contributed by atoms with van der Waals surface area (Å²) in [4.78, 5) is 47.5. The molecule has 0 atom stereocenters. The van der Waals surface area contributed by atoms with Gasteiger partial charge in [-0.3, -0.25) is 18.7 Å². The first-order valence-electron chi connectivity index (χ1n) is 11.1. The number of fused-ring (bicyclic) bond motifs is 1. The lowest BCUT2D eigenvalue weighted by molar-refractivity contribution is -0.113. The Morgan fingerprint density at radius 1 is 1.03 bits per heavy atom. The van der Waals surface area contributed by atoms with Crippen molar-refractivity contribution in [3.05, 3.63) is 69.4 Å². The summed E-state index contributed by atoms with van der Waals surface area (Å²) in [5.41, 5.74) is 0.373. The van der Waals surface area contributed by atoms with Crippen molar-refractivity contribution in [3.8, 4) is 22.9 Å². The van der Waals surface area contributed by atoms with Gasteiger partial charge in [0.15, 0.2) is 11.5 Å². The highest BCUT2D eigenvalue weighted by atomic mass is 32.2. The molecular formula is C25H25N5O5S. The third-order valence-electron chi connectivity index (χ3n) is 5.42. The average molecular weight is 508 g/mol. The van der Waals surface area contributed by atoms with Crippen molar-refractivity contribution >= 4 is 34.4 Å². The van der Waals surface area contributed by atoms with Gasteiger partial charge in [-0.25, -0.2) is 14.8 Å². The summed E-state index contributed by atoms with van der Waals surface area (Å²) in [6.07, 6.45) is 0. The topological polar surface area (TPSA) is 117 Å². The monoisotopic (exact) mass is 507 g/mol. The molecule has 0 spiro atoms. The number of aromatic nitrogens is 4. The highest BCUT2D eigenvalue weighted by molar-refractivity contribution is 8.00. The first-order chi connectivity index (χ1) is 17.3. The Balaban J connectivity index is 1.73. The second-order valence-electron chi connectivity index (χ2n) is 7.75. The van der Waals surface area contributed by atoms with Crippen molar-refractivity contribution in [1.82, 2.24) is 19.1 Å². The van der Waals surface area contributed by atoms with Crippen LogP contribution in [-0.2, 0) is 18.9 Å². The molecule has 0 saturated heterocycles. The Morgan fingerprint density at radius 3 is 2.44 bits per heavy atom. The molecule has 0 unspecified atom stereocenters. The fourth-order valence-electron chi connectivity index (χ4n) is 3.57. The molecule has 2 aromatic heterocycles. The number of aryl methyl sites for hydroxylation is 1. The molecule has 0 fully saturated rings. The molecular weight excluding hydrogens is 482 g/mol. The number of methoxy groups -OCH3 is 1. The molecule has 2 heterocycles. The van der Waals surface area contributed by atoms with Crippen molar-refractivity contribution < 1.29 is 14.3 Å². The SMILES string of the molecule is CCOc1ccccc1NC(=O)CSc1nc(-c2ccc(OC)cc2)nc2c1c(=O)n(C)c(=O)n2C. The number of carbonyl (C=O) groups is 1. The second-order valence-corrected chi connectivity index (χ2v) is 8.72. The minimum absolute atomic E-state index is 0.0272. The molecule has 0 bridgehead atoms. The smallest absolute Gasteiger partial charge is 0.332 e.